The number of fused-ring (bicyclic) bond motifs is 5. The molecule has 2 aromatic rings. The molecule has 1 N–H and O–H groups in total. The number of anilines is 1. The number of hydrogen-bond acceptors (Lipinski definition) is 4. The summed E-state index contributed by atoms with van der Waals surface area (Å²) in [7, 11) is 1.59. The second kappa shape index (κ2) is 6.36. The van der Waals surface area contributed by atoms with E-state index in [0.717, 1.165) is 12.0 Å². The van der Waals surface area contributed by atoms with Crippen LogP contribution in [0.4, 0.5) is 5.69 Å². The van der Waals surface area contributed by atoms with E-state index < -0.39 is 0 Å². The van der Waals surface area contributed by atoms with Gasteiger partial charge in [0, 0.05) is 23.9 Å². The van der Waals surface area contributed by atoms with Crippen LogP contribution in [0.3, 0.4) is 0 Å². The molecule has 3 fully saturated rings. The molecular weight excluding hydrogens is 387 g/mol. The fourth-order valence-electron chi connectivity index (χ4n) is 4.74. The van der Waals surface area contributed by atoms with Gasteiger partial charge in [0.05, 0.1) is 35.3 Å². The summed E-state index contributed by atoms with van der Waals surface area (Å²) < 4.78 is 11.5. The number of nitrogens with one attached hydrogen (secondary N) is 1. The van der Waals surface area contributed by atoms with Crippen LogP contribution in [0.2, 0.25) is 10.0 Å². The van der Waals surface area contributed by atoms with Crippen molar-refractivity contribution in [3.8, 4) is 5.88 Å². The number of methoxy groups -OCH3 is 1. The van der Waals surface area contributed by atoms with Crippen molar-refractivity contribution in [2.24, 2.45) is 17.8 Å². The average molecular weight is 405 g/mol. The molecular formula is C20H18Cl2N2O3. The number of amides is 1. The fraction of sp³-hybridized carbons (Fsp3) is 0.400. The third-order valence-electron chi connectivity index (χ3n) is 5.99. The Bertz CT molecular complexity index is 922. The number of pyridine rings is 1. The van der Waals surface area contributed by atoms with Gasteiger partial charge in [-0.3, -0.25) is 4.79 Å². The molecule has 3 aliphatic rings. The van der Waals surface area contributed by atoms with E-state index in [0.29, 0.717) is 33.4 Å². The van der Waals surface area contributed by atoms with E-state index in [-0.39, 0.29) is 30.0 Å². The first-order chi connectivity index (χ1) is 13.1. The normalized spacial score (nSPS) is 32.9. The van der Waals surface area contributed by atoms with Gasteiger partial charge >= 0.3 is 0 Å². The Kier molecular flexibility index (Phi) is 4.08. The van der Waals surface area contributed by atoms with Crippen LogP contribution < -0.4 is 10.1 Å². The average Bonchev–Trinajstić information content (AvgIpc) is 3.29. The Morgan fingerprint density at radius 2 is 2.00 bits per heavy atom. The topological polar surface area (TPSA) is 60.5 Å². The van der Waals surface area contributed by atoms with Crippen LogP contribution in [0.1, 0.15) is 17.9 Å². The molecule has 140 valence electrons. The molecule has 7 heteroatoms. The zero-order valence-electron chi connectivity index (χ0n) is 14.6. The largest absolute Gasteiger partial charge is 0.481 e. The molecule has 27 heavy (non-hydrogen) atoms. The van der Waals surface area contributed by atoms with Crippen molar-refractivity contribution in [2.75, 3.05) is 12.4 Å². The van der Waals surface area contributed by atoms with Gasteiger partial charge in [0.1, 0.15) is 0 Å². The van der Waals surface area contributed by atoms with Crippen molar-refractivity contribution in [2.45, 2.75) is 24.5 Å². The molecule has 0 spiro atoms. The number of hydrogen-bond donors (Lipinski definition) is 1. The minimum atomic E-state index is -0.250. The van der Waals surface area contributed by atoms with Gasteiger partial charge in [0.25, 0.3) is 0 Å². The summed E-state index contributed by atoms with van der Waals surface area (Å²) in [6.45, 7) is 0. The van der Waals surface area contributed by atoms with Crippen LogP contribution in [0, 0.1) is 17.8 Å². The molecule has 1 amide bonds. The molecule has 2 bridgehead atoms. The molecule has 2 saturated heterocycles. The highest BCUT2D eigenvalue weighted by atomic mass is 35.5. The maximum atomic E-state index is 13.2. The van der Waals surface area contributed by atoms with E-state index in [1.807, 2.05) is 12.1 Å². The maximum Gasteiger partial charge on any atom is 0.230 e. The van der Waals surface area contributed by atoms with Crippen LogP contribution in [0.5, 0.6) is 5.88 Å². The number of nitrogens with zero attached hydrogens (tertiary/aromatic N) is 1. The van der Waals surface area contributed by atoms with E-state index in [1.54, 1.807) is 31.5 Å². The number of halogens is 2. The minimum absolute atomic E-state index is 0.00146. The van der Waals surface area contributed by atoms with Gasteiger partial charge < -0.3 is 14.8 Å². The van der Waals surface area contributed by atoms with E-state index in [2.05, 4.69) is 10.3 Å². The van der Waals surface area contributed by atoms with E-state index in [4.69, 9.17) is 32.7 Å². The predicted octanol–water partition coefficient (Wildman–Crippen LogP) is 4.15. The third kappa shape index (κ3) is 2.80. The Morgan fingerprint density at radius 3 is 2.78 bits per heavy atom. The smallest absolute Gasteiger partial charge is 0.230 e. The van der Waals surface area contributed by atoms with E-state index in [9.17, 15) is 4.79 Å². The molecule has 6 atom stereocenters. The SMILES string of the molecule is COc1cc([C@H]2[C@H]3O[C@H]([C@@H]4C[C@@H]43)[C@H]2C(=O)Nc2ccc(Cl)c(Cl)c2)ccn1. The van der Waals surface area contributed by atoms with Gasteiger partial charge in [-0.25, -0.2) is 4.98 Å². The van der Waals surface area contributed by atoms with Crippen LogP contribution in [0.15, 0.2) is 36.5 Å². The lowest BCUT2D eigenvalue weighted by atomic mass is 9.75. The number of benzene rings is 1. The van der Waals surface area contributed by atoms with Crippen molar-refractivity contribution in [1.29, 1.82) is 0 Å². The predicted molar refractivity (Wildman–Crippen MR) is 102 cm³/mol. The quantitative estimate of drug-likeness (QED) is 0.830. The van der Waals surface area contributed by atoms with Crippen molar-refractivity contribution in [1.82, 2.24) is 4.98 Å². The molecule has 1 aromatic heterocycles. The molecule has 2 aliphatic heterocycles. The Morgan fingerprint density at radius 1 is 1.19 bits per heavy atom. The molecule has 0 unspecified atom stereocenters. The molecule has 1 saturated carbocycles. The summed E-state index contributed by atoms with van der Waals surface area (Å²) in [5.74, 6) is 1.31. The van der Waals surface area contributed by atoms with Gasteiger partial charge in [-0.15, -0.1) is 0 Å². The number of rotatable bonds is 4. The van der Waals surface area contributed by atoms with Crippen molar-refractivity contribution >= 4 is 34.8 Å². The lowest BCUT2D eigenvalue weighted by Gasteiger charge is -2.27. The first kappa shape index (κ1) is 17.3. The molecule has 5 rings (SSSR count). The number of carbonyl (C=O) groups is 1. The van der Waals surface area contributed by atoms with Crippen LogP contribution in [0.25, 0.3) is 0 Å². The number of carbonyl (C=O) groups excluding carboxylic acids is 1. The summed E-state index contributed by atoms with van der Waals surface area (Å²) in [5, 5.41) is 3.87. The first-order valence-corrected chi connectivity index (χ1v) is 9.73. The molecule has 5 nitrogen and oxygen atoms in total. The minimum Gasteiger partial charge on any atom is -0.481 e. The first-order valence-electron chi connectivity index (χ1n) is 8.98. The molecule has 3 heterocycles. The fourth-order valence-corrected chi connectivity index (χ4v) is 5.04. The van der Waals surface area contributed by atoms with E-state index >= 15 is 0 Å². The highest BCUT2D eigenvalue weighted by molar-refractivity contribution is 6.42. The maximum absolute atomic E-state index is 13.2. The number of aromatic nitrogens is 1. The molecule has 1 aliphatic carbocycles. The van der Waals surface area contributed by atoms with Crippen molar-refractivity contribution in [3.05, 3.63) is 52.1 Å². The van der Waals surface area contributed by atoms with Crippen molar-refractivity contribution in [3.63, 3.8) is 0 Å². The summed E-state index contributed by atoms with van der Waals surface area (Å²) in [4.78, 5) is 17.4. The van der Waals surface area contributed by atoms with Gasteiger partial charge in [0.15, 0.2) is 0 Å². The van der Waals surface area contributed by atoms with Gasteiger partial charge in [-0.1, -0.05) is 23.2 Å². The third-order valence-corrected chi connectivity index (χ3v) is 6.73. The van der Waals surface area contributed by atoms with Gasteiger partial charge in [0.2, 0.25) is 11.8 Å². The Hall–Kier alpha value is -1.82. The monoisotopic (exact) mass is 404 g/mol. The zero-order valence-corrected chi connectivity index (χ0v) is 16.1. The molecule has 0 radical (unpaired) electrons. The summed E-state index contributed by atoms with van der Waals surface area (Å²) >= 11 is 12.0. The Balaban J connectivity index is 1.45. The lowest BCUT2D eigenvalue weighted by molar-refractivity contribution is -0.122. The van der Waals surface area contributed by atoms with Gasteiger partial charge in [-0.2, -0.15) is 0 Å². The summed E-state index contributed by atoms with van der Waals surface area (Å²) in [5.41, 5.74) is 1.67. The number of ether oxygens (including phenoxy) is 2. The van der Waals surface area contributed by atoms with E-state index in [1.165, 1.54) is 0 Å². The zero-order chi connectivity index (χ0) is 18.7. The highest BCUT2D eigenvalue weighted by Crippen LogP contribution is 2.65. The summed E-state index contributed by atoms with van der Waals surface area (Å²) in [6, 6.07) is 8.96. The van der Waals surface area contributed by atoms with Crippen LogP contribution in [-0.2, 0) is 9.53 Å². The lowest BCUT2D eigenvalue weighted by Crippen LogP contribution is -2.37. The Labute approximate surface area is 167 Å². The van der Waals surface area contributed by atoms with Crippen LogP contribution in [-0.4, -0.2) is 30.2 Å². The van der Waals surface area contributed by atoms with Crippen LogP contribution >= 0.6 is 23.2 Å². The highest BCUT2D eigenvalue weighted by Gasteiger charge is 2.68. The standard InChI is InChI=1S/C20H18Cl2N2O3/c1-26-15-6-9(4-5-23-15)16-17(19-12-8-11(12)18(16)27-19)20(25)24-10-2-3-13(21)14(22)7-10/h2-7,11-12,16-19H,8H2,1H3,(H,24,25)/t11-,12+,16+,17-,18-,19+/m0/s1. The van der Waals surface area contributed by atoms with Gasteiger partial charge in [-0.05, 0) is 48.1 Å². The second-order valence-electron chi connectivity index (χ2n) is 7.43. The summed E-state index contributed by atoms with van der Waals surface area (Å²) in [6.07, 6.45) is 2.91. The van der Waals surface area contributed by atoms with Crippen molar-refractivity contribution < 1.29 is 14.3 Å². The molecule has 1 aromatic carbocycles. The second-order valence-corrected chi connectivity index (χ2v) is 8.24.